The summed E-state index contributed by atoms with van der Waals surface area (Å²) in [6.45, 7) is 9.42. The molecule has 0 aliphatic carbocycles. The minimum atomic E-state index is -4.31. The Bertz CT molecular complexity index is 874. The molecule has 0 aliphatic rings. The first-order chi connectivity index (χ1) is 12.1. The lowest BCUT2D eigenvalue weighted by molar-refractivity contribution is -0.244. The van der Waals surface area contributed by atoms with E-state index in [1.54, 1.807) is 24.3 Å². The van der Waals surface area contributed by atoms with E-state index in [9.17, 15) is 18.3 Å². The summed E-state index contributed by atoms with van der Waals surface area (Å²) in [5, 5.41) is 12.0. The van der Waals surface area contributed by atoms with Gasteiger partial charge in [-0.3, -0.25) is 0 Å². The predicted octanol–water partition coefficient (Wildman–Crippen LogP) is 3.78. The summed E-state index contributed by atoms with van der Waals surface area (Å²) in [5.74, 6) is -0.113. The number of anilines is 1. The van der Waals surface area contributed by atoms with E-state index < -0.39 is 16.1 Å². The quantitative estimate of drug-likeness (QED) is 0.798. The number of carbonyl (C=O) groups is 1. The zero-order chi connectivity index (χ0) is 19.6. The van der Waals surface area contributed by atoms with Gasteiger partial charge in [0.25, 0.3) is 10.0 Å². The predicted molar refractivity (Wildman–Crippen MR) is 101 cm³/mol. The van der Waals surface area contributed by atoms with Crippen LogP contribution in [0.3, 0.4) is 0 Å². The van der Waals surface area contributed by atoms with Crippen LogP contribution in [0.2, 0.25) is 0 Å². The van der Waals surface area contributed by atoms with E-state index in [1.165, 1.54) is 12.1 Å². The van der Waals surface area contributed by atoms with E-state index in [2.05, 4.69) is 0 Å². The van der Waals surface area contributed by atoms with Gasteiger partial charge in [-0.2, -0.15) is 0 Å². The van der Waals surface area contributed by atoms with Crippen LogP contribution < -0.4 is 9.41 Å². The van der Waals surface area contributed by atoms with Crippen LogP contribution in [0.25, 0.3) is 0 Å². The molecule has 0 aliphatic heterocycles. The number of rotatable bonds is 5. The molecule has 0 spiro atoms. The molecule has 2 aromatic rings. The first-order valence-corrected chi connectivity index (χ1v) is 9.97. The Hall–Kier alpha value is -2.34. The molecule has 0 N–H and O–H groups in total. The second kappa shape index (κ2) is 7.50. The molecule has 5 nitrogen and oxygen atoms in total. The second-order valence-electron chi connectivity index (χ2n) is 6.94. The van der Waals surface area contributed by atoms with Gasteiger partial charge in [-0.25, -0.2) is 12.7 Å². The van der Waals surface area contributed by atoms with E-state index in [4.69, 9.17) is 0 Å². The van der Waals surface area contributed by atoms with Crippen LogP contribution in [-0.4, -0.2) is 14.5 Å². The van der Waals surface area contributed by atoms with Crippen molar-refractivity contribution in [1.82, 2.24) is 0 Å². The summed E-state index contributed by atoms with van der Waals surface area (Å²) in [4.78, 5) is 11.9. The Morgan fingerprint density at radius 2 is 1.38 bits per heavy atom. The van der Waals surface area contributed by atoms with Crippen LogP contribution in [0.4, 0.5) is 10.5 Å². The van der Waals surface area contributed by atoms with Gasteiger partial charge in [0.15, 0.2) is 6.09 Å². The second-order valence-corrected chi connectivity index (χ2v) is 8.73. The largest absolute Gasteiger partial charge is 0.529 e. The lowest BCUT2D eigenvalue weighted by Crippen LogP contribution is -2.46. The molecule has 0 bridgehead atoms. The van der Waals surface area contributed by atoms with E-state index in [1.807, 2.05) is 40.7 Å². The highest BCUT2D eigenvalue weighted by Gasteiger charge is 2.31. The molecular formula is C20H24NO4S-. The molecule has 6 heteroatoms. The number of para-hydroxylation sites is 1. The Balaban J connectivity index is 2.80. The van der Waals surface area contributed by atoms with Crippen LogP contribution in [0, 0.1) is 6.92 Å². The van der Waals surface area contributed by atoms with Crippen molar-refractivity contribution in [2.75, 3.05) is 4.31 Å². The van der Waals surface area contributed by atoms with Crippen LogP contribution in [-0.2, 0) is 10.0 Å². The van der Waals surface area contributed by atoms with Crippen molar-refractivity contribution >= 4 is 21.8 Å². The summed E-state index contributed by atoms with van der Waals surface area (Å²) in [5.41, 5.74) is 2.36. The number of amides is 1. The number of hydrogen-bond acceptors (Lipinski definition) is 4. The third kappa shape index (κ3) is 3.75. The van der Waals surface area contributed by atoms with E-state index in [-0.39, 0.29) is 22.4 Å². The molecule has 26 heavy (non-hydrogen) atoms. The summed E-state index contributed by atoms with van der Waals surface area (Å²) in [7, 11) is -4.31. The summed E-state index contributed by atoms with van der Waals surface area (Å²) < 4.78 is 26.7. The topological polar surface area (TPSA) is 77.5 Å². The molecule has 0 unspecified atom stereocenters. The molecule has 1 amide bonds. The average molecular weight is 374 g/mol. The molecule has 0 aromatic heterocycles. The SMILES string of the molecule is Cc1ccc(S(=O)(=O)N(C(=O)[O-])c2c(C(C)C)cccc2C(C)C)cc1. The van der Waals surface area contributed by atoms with Crippen LogP contribution >= 0.6 is 0 Å². The van der Waals surface area contributed by atoms with Gasteiger partial charge in [0.05, 0.1) is 10.6 Å². The maximum atomic E-state index is 13.1. The first-order valence-electron chi connectivity index (χ1n) is 8.53. The molecule has 2 aromatic carbocycles. The van der Waals surface area contributed by atoms with Crippen LogP contribution in [0.15, 0.2) is 47.4 Å². The minimum Gasteiger partial charge on any atom is -0.529 e. The molecule has 0 radical (unpaired) electrons. The molecular weight excluding hydrogens is 350 g/mol. The number of carboxylic acid groups (broad SMARTS) is 1. The summed E-state index contributed by atoms with van der Waals surface area (Å²) in [6.07, 6.45) is -1.76. The fraction of sp³-hybridized carbons (Fsp3) is 0.350. The van der Waals surface area contributed by atoms with Gasteiger partial charge < -0.3 is 9.90 Å². The molecule has 0 saturated heterocycles. The number of benzene rings is 2. The van der Waals surface area contributed by atoms with Gasteiger partial charge in [-0.15, -0.1) is 0 Å². The third-order valence-electron chi connectivity index (χ3n) is 4.27. The molecule has 2 rings (SSSR count). The summed E-state index contributed by atoms with van der Waals surface area (Å²) >= 11 is 0. The maximum Gasteiger partial charge on any atom is 0.269 e. The van der Waals surface area contributed by atoms with E-state index >= 15 is 0 Å². The highest BCUT2D eigenvalue weighted by Crippen LogP contribution is 2.38. The van der Waals surface area contributed by atoms with Crippen molar-refractivity contribution < 1.29 is 18.3 Å². The fourth-order valence-corrected chi connectivity index (χ4v) is 4.21. The van der Waals surface area contributed by atoms with Crippen LogP contribution in [0.5, 0.6) is 0 Å². The Morgan fingerprint density at radius 1 is 0.923 bits per heavy atom. The standard InChI is InChI=1S/C20H25NO4S/c1-13(2)17-7-6-8-18(14(3)4)19(17)21(20(22)23)26(24,25)16-11-9-15(5)10-12-16/h6-14H,1-5H3,(H,22,23)/p-1. The van der Waals surface area contributed by atoms with Gasteiger partial charge in [0.2, 0.25) is 0 Å². The van der Waals surface area contributed by atoms with Crippen LogP contribution in [0.1, 0.15) is 56.2 Å². The fourth-order valence-electron chi connectivity index (χ4n) is 2.87. The zero-order valence-electron chi connectivity index (χ0n) is 15.7. The molecule has 140 valence electrons. The van der Waals surface area contributed by atoms with Crippen molar-refractivity contribution in [3.05, 3.63) is 59.2 Å². The van der Waals surface area contributed by atoms with E-state index in [0.29, 0.717) is 15.4 Å². The van der Waals surface area contributed by atoms with Gasteiger partial charge in [0.1, 0.15) is 0 Å². The van der Waals surface area contributed by atoms with Crippen molar-refractivity contribution in [2.24, 2.45) is 0 Å². The number of hydrogen-bond donors (Lipinski definition) is 0. The summed E-state index contributed by atoms with van der Waals surface area (Å²) in [6, 6.07) is 11.4. The number of sulfonamides is 1. The Labute approximate surface area is 155 Å². The number of aryl methyl sites for hydroxylation is 1. The van der Waals surface area contributed by atoms with E-state index in [0.717, 1.165) is 5.56 Å². The average Bonchev–Trinajstić information content (AvgIpc) is 2.54. The lowest BCUT2D eigenvalue weighted by Gasteiger charge is -2.31. The van der Waals surface area contributed by atoms with Gasteiger partial charge in [-0.05, 0) is 42.0 Å². The molecule has 0 saturated carbocycles. The highest BCUT2D eigenvalue weighted by atomic mass is 32.2. The van der Waals surface area contributed by atoms with Gasteiger partial charge in [0, 0.05) is 0 Å². The van der Waals surface area contributed by atoms with Gasteiger partial charge in [-0.1, -0.05) is 63.6 Å². The maximum absolute atomic E-state index is 13.1. The molecule has 0 fully saturated rings. The first kappa shape index (κ1) is 20.0. The minimum absolute atomic E-state index is 0.0567. The normalized spacial score (nSPS) is 11.8. The third-order valence-corrected chi connectivity index (χ3v) is 5.95. The lowest BCUT2D eigenvalue weighted by atomic mass is 9.93. The smallest absolute Gasteiger partial charge is 0.269 e. The van der Waals surface area contributed by atoms with Crippen molar-refractivity contribution in [1.29, 1.82) is 0 Å². The molecule has 0 atom stereocenters. The number of nitrogens with zero attached hydrogens (tertiary/aromatic N) is 1. The Kier molecular flexibility index (Phi) is 5.76. The van der Waals surface area contributed by atoms with Crippen molar-refractivity contribution in [3.8, 4) is 0 Å². The molecule has 0 heterocycles. The highest BCUT2D eigenvalue weighted by molar-refractivity contribution is 7.93. The monoisotopic (exact) mass is 374 g/mol. The van der Waals surface area contributed by atoms with Gasteiger partial charge >= 0.3 is 0 Å². The van der Waals surface area contributed by atoms with Crippen molar-refractivity contribution in [2.45, 2.75) is 51.3 Å². The number of carbonyl (C=O) groups excluding carboxylic acids is 1. The zero-order valence-corrected chi connectivity index (χ0v) is 16.5. The Morgan fingerprint density at radius 3 is 1.77 bits per heavy atom. The van der Waals surface area contributed by atoms with Crippen molar-refractivity contribution in [3.63, 3.8) is 0 Å².